The van der Waals surface area contributed by atoms with Crippen molar-refractivity contribution in [2.75, 3.05) is 26.4 Å². The van der Waals surface area contributed by atoms with Crippen molar-refractivity contribution < 1.29 is 63.6 Å². The molecule has 0 unspecified atom stereocenters. The average molecular weight is 908 g/mol. The normalized spacial score (nSPS) is 14.9. The number of carbonyl (C=O) groups is 9. The van der Waals surface area contributed by atoms with E-state index in [-0.39, 0.29) is 37.5 Å². The van der Waals surface area contributed by atoms with Gasteiger partial charge in [0.15, 0.2) is 0 Å². The van der Waals surface area contributed by atoms with Gasteiger partial charge >= 0.3 is 5.97 Å². The molecule has 64 heavy (non-hydrogen) atoms. The first-order valence-corrected chi connectivity index (χ1v) is 20.3. The minimum atomic E-state index is -1.72. The first-order valence-electron chi connectivity index (χ1n) is 20.3. The summed E-state index contributed by atoms with van der Waals surface area (Å²) >= 11 is 0. The van der Waals surface area contributed by atoms with Crippen molar-refractivity contribution in [2.24, 2.45) is 17.6 Å². The van der Waals surface area contributed by atoms with Crippen molar-refractivity contribution in [1.82, 2.24) is 62.5 Å². The van der Waals surface area contributed by atoms with E-state index in [1.54, 1.807) is 13.8 Å². The van der Waals surface area contributed by atoms with Crippen molar-refractivity contribution >= 4 is 53.2 Å². The maximum Gasteiger partial charge on any atom is 0.326 e. The number of aromatic amines is 2. The lowest BCUT2D eigenvalue weighted by atomic mass is 10.0. The molecular formula is C38H61N13O13. The van der Waals surface area contributed by atoms with E-state index in [1.165, 1.54) is 32.0 Å². The number of carbonyl (C=O) groups excluding carboxylic acids is 8. The number of nitrogens with one attached hydrogen (secondary N) is 10. The number of nitrogens with two attached hydrogens (primary N) is 1. The van der Waals surface area contributed by atoms with Gasteiger partial charge in [-0.15, -0.1) is 0 Å². The van der Waals surface area contributed by atoms with E-state index in [4.69, 9.17) is 5.73 Å². The van der Waals surface area contributed by atoms with E-state index in [0.29, 0.717) is 11.4 Å². The minimum absolute atomic E-state index is 0.0619. The van der Waals surface area contributed by atoms with Crippen LogP contribution in [0.4, 0.5) is 0 Å². The van der Waals surface area contributed by atoms with Gasteiger partial charge in [-0.05, 0) is 31.6 Å². The van der Waals surface area contributed by atoms with Crippen molar-refractivity contribution in [3.8, 4) is 0 Å². The van der Waals surface area contributed by atoms with E-state index in [9.17, 15) is 63.6 Å². The fraction of sp³-hybridized carbons (Fsp3) is 0.605. The molecular weight excluding hydrogens is 846 g/mol. The summed E-state index contributed by atoms with van der Waals surface area (Å²) in [6.45, 7) is 4.63. The highest BCUT2D eigenvalue weighted by Gasteiger charge is 2.33. The van der Waals surface area contributed by atoms with Gasteiger partial charge in [-0.1, -0.05) is 27.7 Å². The number of carboxylic acid groups (broad SMARTS) is 1. The Balaban J connectivity index is 2.00. The van der Waals surface area contributed by atoms with Gasteiger partial charge in [-0.2, -0.15) is 0 Å². The highest BCUT2D eigenvalue weighted by molar-refractivity contribution is 5.97. The summed E-state index contributed by atoms with van der Waals surface area (Å²) in [7, 11) is 0. The van der Waals surface area contributed by atoms with Crippen molar-refractivity contribution in [3.63, 3.8) is 0 Å². The predicted octanol–water partition coefficient (Wildman–Crippen LogP) is -6.07. The highest BCUT2D eigenvalue weighted by Crippen LogP contribution is 2.08. The summed E-state index contributed by atoms with van der Waals surface area (Å²) in [6, 6.07) is -11.2. The van der Waals surface area contributed by atoms with Crippen molar-refractivity contribution in [2.45, 2.75) is 109 Å². The van der Waals surface area contributed by atoms with Crippen LogP contribution in [0.15, 0.2) is 25.0 Å². The zero-order valence-corrected chi connectivity index (χ0v) is 36.2. The van der Waals surface area contributed by atoms with Crippen LogP contribution in [0.3, 0.4) is 0 Å². The largest absolute Gasteiger partial charge is 0.480 e. The molecule has 26 nitrogen and oxygen atoms in total. The number of hydrogen-bond acceptors (Lipinski definition) is 15. The van der Waals surface area contributed by atoms with Crippen molar-refractivity contribution in [3.05, 3.63) is 36.4 Å². The molecule has 0 bridgehead atoms. The molecule has 16 N–H and O–H groups in total. The van der Waals surface area contributed by atoms with Gasteiger partial charge in [0.05, 0.1) is 45.1 Å². The number of hydrogen-bond donors (Lipinski definition) is 15. The minimum Gasteiger partial charge on any atom is -0.480 e. The summed E-state index contributed by atoms with van der Waals surface area (Å²) in [4.78, 5) is 129. The lowest BCUT2D eigenvalue weighted by Crippen LogP contribution is -2.60. The Labute approximate surface area is 367 Å². The van der Waals surface area contributed by atoms with Crippen LogP contribution in [-0.4, -0.2) is 168 Å². The third-order valence-electron chi connectivity index (χ3n) is 9.25. The second-order valence-electron chi connectivity index (χ2n) is 15.7. The van der Waals surface area contributed by atoms with Gasteiger partial charge in [0.2, 0.25) is 47.3 Å². The number of aromatic nitrogens is 4. The van der Waals surface area contributed by atoms with Crippen LogP contribution in [0.1, 0.15) is 58.8 Å². The first-order chi connectivity index (χ1) is 30.2. The Morgan fingerprint density at radius 3 is 1.44 bits per heavy atom. The SMILES string of the molecule is CC(C)C[C@H](NC(=O)[C@H](CO)NC(=O)[C@H](Cc1cnc[nH]1)NC(=O)CNC(=O)[C@H](CO)NC(=O)[C@H](CO)NC(=O)[C@H](C)NC(=O)[C@H](CC(C)C)NC(=O)[C@@H](N)Cc1cnc[nH]1)C(=O)O. The highest BCUT2D eigenvalue weighted by atomic mass is 16.4. The quantitative estimate of drug-likeness (QED) is 0.0378. The van der Waals surface area contributed by atoms with E-state index in [2.05, 4.69) is 62.5 Å². The Hall–Kier alpha value is -6.51. The van der Waals surface area contributed by atoms with Crippen LogP contribution in [0.2, 0.25) is 0 Å². The standard InChI is InChI=1S/C38H61N13O13/c1-18(2)6-24(47-32(57)23(39)8-21-10-40-16-43-21)34(59)45-20(5)31(56)49-28(14-53)37(62)50-27(13-52)33(58)42-12-30(55)46-25(9-22-11-41-17-44-22)35(60)51-29(15-54)36(61)48-26(38(63)64)7-19(3)4/h10-11,16-20,23-29,52-54H,6-9,12-15,39H2,1-5H3,(H,40,43)(H,41,44)(H,42,58)(H,45,59)(H,46,55)(H,47,57)(H,48,61)(H,49,56)(H,50,62)(H,51,60)(H,63,64)/t20-,23-,24-,25-,26-,27-,28-,29-/m0/s1. The number of aliphatic hydroxyl groups is 3. The maximum atomic E-state index is 13.3. The topological polar surface area (TPSA) is 414 Å². The summed E-state index contributed by atoms with van der Waals surface area (Å²) in [6.07, 6.45) is 5.69. The molecule has 356 valence electrons. The van der Waals surface area contributed by atoms with Gasteiger partial charge in [-0.25, -0.2) is 14.8 Å². The summed E-state index contributed by atoms with van der Waals surface area (Å²) in [5, 5.41) is 57.6. The van der Waals surface area contributed by atoms with E-state index >= 15 is 0 Å². The first kappa shape index (κ1) is 53.6. The van der Waals surface area contributed by atoms with Gasteiger partial charge < -0.3 is 78.7 Å². The van der Waals surface area contributed by atoms with Gasteiger partial charge in [0, 0.05) is 36.6 Å². The number of H-pyrrole nitrogens is 2. The molecule has 2 heterocycles. The van der Waals surface area contributed by atoms with Crippen LogP contribution < -0.4 is 48.3 Å². The number of aliphatic carboxylic acids is 1. The van der Waals surface area contributed by atoms with Crippen molar-refractivity contribution in [1.29, 1.82) is 0 Å². The van der Waals surface area contributed by atoms with Gasteiger partial charge in [0.25, 0.3) is 0 Å². The number of rotatable bonds is 28. The molecule has 0 radical (unpaired) electrons. The lowest BCUT2D eigenvalue weighted by molar-refractivity contribution is -0.143. The van der Waals surface area contributed by atoms with Crippen LogP contribution in [0, 0.1) is 11.8 Å². The maximum absolute atomic E-state index is 13.3. The molecule has 0 aliphatic rings. The van der Waals surface area contributed by atoms with Crippen LogP contribution in [-0.2, 0) is 56.0 Å². The number of amides is 8. The summed E-state index contributed by atoms with van der Waals surface area (Å²) in [5.74, 6) is -9.00. The third-order valence-corrected chi connectivity index (χ3v) is 9.25. The Morgan fingerprint density at radius 1 is 0.547 bits per heavy atom. The summed E-state index contributed by atoms with van der Waals surface area (Å²) < 4.78 is 0. The number of imidazole rings is 2. The van der Waals surface area contributed by atoms with E-state index in [0.717, 1.165) is 0 Å². The smallest absolute Gasteiger partial charge is 0.326 e. The molecule has 0 saturated carbocycles. The molecule has 2 aromatic rings. The molecule has 0 aromatic carbocycles. The van der Waals surface area contributed by atoms with E-state index < -0.39 is 128 Å². The molecule has 2 rings (SSSR count). The monoisotopic (exact) mass is 907 g/mol. The molecule has 0 aliphatic carbocycles. The van der Waals surface area contributed by atoms with Gasteiger partial charge in [0.1, 0.15) is 42.3 Å². The second-order valence-corrected chi connectivity index (χ2v) is 15.7. The molecule has 2 aromatic heterocycles. The number of nitrogens with zero attached hydrogens (tertiary/aromatic N) is 2. The second kappa shape index (κ2) is 26.8. The Bertz CT molecular complexity index is 1860. The number of carboxylic acids is 1. The predicted molar refractivity (Wildman–Crippen MR) is 223 cm³/mol. The molecule has 26 heteroatoms. The zero-order chi connectivity index (χ0) is 48.1. The molecule has 8 atom stereocenters. The zero-order valence-electron chi connectivity index (χ0n) is 36.2. The molecule has 0 fully saturated rings. The van der Waals surface area contributed by atoms with Crippen LogP contribution in [0.25, 0.3) is 0 Å². The molecule has 8 amide bonds. The lowest BCUT2D eigenvalue weighted by Gasteiger charge is -2.25. The molecule has 0 saturated heterocycles. The van der Waals surface area contributed by atoms with Gasteiger partial charge in [-0.3, -0.25) is 38.4 Å². The Kier molecular flexibility index (Phi) is 22.5. The Morgan fingerprint density at radius 2 is 0.969 bits per heavy atom. The van der Waals surface area contributed by atoms with E-state index in [1.807, 2.05) is 13.8 Å². The number of aliphatic hydroxyl groups excluding tert-OH is 3. The molecule has 0 spiro atoms. The third kappa shape index (κ3) is 18.5. The fourth-order valence-electron chi connectivity index (χ4n) is 5.84. The fourth-order valence-corrected chi connectivity index (χ4v) is 5.84. The van der Waals surface area contributed by atoms with Crippen LogP contribution in [0.5, 0.6) is 0 Å². The average Bonchev–Trinajstić information content (AvgIpc) is 3.96. The van der Waals surface area contributed by atoms with Crippen LogP contribution >= 0.6 is 0 Å². The summed E-state index contributed by atoms with van der Waals surface area (Å²) in [5.41, 5.74) is 6.96. The molecule has 0 aliphatic heterocycles.